The number of para-hydroxylation sites is 1. The average Bonchev–Trinajstić information content (AvgIpc) is 2.58. The third-order valence-corrected chi connectivity index (χ3v) is 4.63. The highest BCUT2D eigenvalue weighted by molar-refractivity contribution is 7.99. The van der Waals surface area contributed by atoms with Crippen LogP contribution in [0.3, 0.4) is 0 Å². The number of carbonyl (C=O) groups is 1. The van der Waals surface area contributed by atoms with Crippen LogP contribution in [0.25, 0.3) is 0 Å². The van der Waals surface area contributed by atoms with E-state index in [1.807, 2.05) is 54.6 Å². The SMILES string of the molecule is O=C(Nc1ccccc1)c1cccnc1Sc1ccccc1Cl. The van der Waals surface area contributed by atoms with Gasteiger partial charge < -0.3 is 5.32 Å². The zero-order chi connectivity index (χ0) is 16.1. The van der Waals surface area contributed by atoms with E-state index < -0.39 is 0 Å². The summed E-state index contributed by atoms with van der Waals surface area (Å²) in [6.07, 6.45) is 1.67. The van der Waals surface area contributed by atoms with Gasteiger partial charge >= 0.3 is 0 Å². The van der Waals surface area contributed by atoms with Crippen molar-refractivity contribution in [3.05, 3.63) is 83.5 Å². The number of nitrogens with one attached hydrogen (secondary N) is 1. The molecule has 0 saturated carbocycles. The Labute approximate surface area is 143 Å². The van der Waals surface area contributed by atoms with E-state index >= 15 is 0 Å². The Morgan fingerprint density at radius 1 is 0.957 bits per heavy atom. The number of carbonyl (C=O) groups excluding carboxylic acids is 1. The quantitative estimate of drug-likeness (QED) is 0.715. The lowest BCUT2D eigenvalue weighted by molar-refractivity contribution is 0.102. The molecule has 0 aliphatic carbocycles. The zero-order valence-electron chi connectivity index (χ0n) is 12.1. The van der Waals surface area contributed by atoms with Crippen LogP contribution < -0.4 is 5.32 Å². The molecule has 3 aromatic rings. The molecule has 1 aromatic heterocycles. The molecule has 23 heavy (non-hydrogen) atoms. The molecule has 0 bridgehead atoms. The summed E-state index contributed by atoms with van der Waals surface area (Å²) < 4.78 is 0. The summed E-state index contributed by atoms with van der Waals surface area (Å²) in [6, 6.07) is 20.3. The number of hydrogen-bond acceptors (Lipinski definition) is 3. The van der Waals surface area contributed by atoms with Gasteiger partial charge in [-0.15, -0.1) is 0 Å². The van der Waals surface area contributed by atoms with Gasteiger partial charge in [-0.05, 0) is 36.4 Å². The topological polar surface area (TPSA) is 42.0 Å². The van der Waals surface area contributed by atoms with Gasteiger partial charge in [-0.25, -0.2) is 4.98 Å². The summed E-state index contributed by atoms with van der Waals surface area (Å²) in [5.41, 5.74) is 1.26. The summed E-state index contributed by atoms with van der Waals surface area (Å²) in [5, 5.41) is 4.13. The molecule has 0 radical (unpaired) electrons. The predicted molar refractivity (Wildman–Crippen MR) is 94.2 cm³/mol. The summed E-state index contributed by atoms with van der Waals surface area (Å²) in [5.74, 6) is -0.196. The summed E-state index contributed by atoms with van der Waals surface area (Å²) in [6.45, 7) is 0. The Bertz CT molecular complexity index is 824. The van der Waals surface area contributed by atoms with Gasteiger partial charge in [0.05, 0.1) is 10.6 Å². The first-order valence-corrected chi connectivity index (χ1v) is 8.17. The highest BCUT2D eigenvalue weighted by Gasteiger charge is 2.14. The number of pyridine rings is 1. The molecular formula is C18H13ClN2OS. The van der Waals surface area contributed by atoms with Gasteiger partial charge in [0.2, 0.25) is 0 Å². The predicted octanol–water partition coefficient (Wildman–Crippen LogP) is 5.14. The number of anilines is 1. The summed E-state index contributed by atoms with van der Waals surface area (Å²) in [4.78, 5) is 17.7. The Morgan fingerprint density at radius 2 is 1.70 bits per heavy atom. The Balaban J connectivity index is 1.86. The number of aromatic nitrogens is 1. The van der Waals surface area contributed by atoms with Gasteiger partial charge in [0.1, 0.15) is 5.03 Å². The number of hydrogen-bond donors (Lipinski definition) is 1. The number of halogens is 1. The smallest absolute Gasteiger partial charge is 0.258 e. The molecule has 5 heteroatoms. The van der Waals surface area contributed by atoms with Gasteiger partial charge in [-0.2, -0.15) is 0 Å². The van der Waals surface area contributed by atoms with Crippen molar-refractivity contribution in [3.8, 4) is 0 Å². The highest BCUT2D eigenvalue weighted by Crippen LogP contribution is 2.33. The van der Waals surface area contributed by atoms with Crippen molar-refractivity contribution in [2.24, 2.45) is 0 Å². The lowest BCUT2D eigenvalue weighted by Gasteiger charge is -2.09. The summed E-state index contributed by atoms with van der Waals surface area (Å²) in [7, 11) is 0. The first kappa shape index (κ1) is 15.6. The molecule has 0 fully saturated rings. The lowest BCUT2D eigenvalue weighted by atomic mass is 10.2. The van der Waals surface area contributed by atoms with Crippen LogP contribution in [-0.2, 0) is 0 Å². The fourth-order valence-electron chi connectivity index (χ4n) is 2.00. The molecule has 0 aliphatic heterocycles. The van der Waals surface area contributed by atoms with Crippen LogP contribution in [-0.4, -0.2) is 10.9 Å². The van der Waals surface area contributed by atoms with E-state index in [9.17, 15) is 4.79 Å². The molecule has 114 valence electrons. The van der Waals surface area contributed by atoms with Crippen LogP contribution >= 0.6 is 23.4 Å². The number of amides is 1. The van der Waals surface area contributed by atoms with Crippen molar-refractivity contribution in [3.63, 3.8) is 0 Å². The molecule has 0 atom stereocenters. The third-order valence-electron chi connectivity index (χ3n) is 3.09. The van der Waals surface area contributed by atoms with Crippen molar-refractivity contribution in [2.45, 2.75) is 9.92 Å². The molecule has 3 nitrogen and oxygen atoms in total. The molecule has 0 saturated heterocycles. The van der Waals surface area contributed by atoms with Crippen molar-refractivity contribution in [2.75, 3.05) is 5.32 Å². The third kappa shape index (κ3) is 3.92. The van der Waals surface area contributed by atoms with Gasteiger partial charge in [-0.3, -0.25) is 4.79 Å². The van der Waals surface area contributed by atoms with E-state index in [0.29, 0.717) is 15.6 Å². The molecule has 0 unspecified atom stereocenters. The van der Waals surface area contributed by atoms with Crippen molar-refractivity contribution in [1.82, 2.24) is 4.98 Å². The minimum absolute atomic E-state index is 0.196. The minimum Gasteiger partial charge on any atom is -0.322 e. The normalized spacial score (nSPS) is 10.3. The number of rotatable bonds is 4. The van der Waals surface area contributed by atoms with Crippen LogP contribution in [0.15, 0.2) is 82.8 Å². The van der Waals surface area contributed by atoms with Gasteiger partial charge in [0.15, 0.2) is 0 Å². The molecular weight excluding hydrogens is 328 g/mol. The highest BCUT2D eigenvalue weighted by atomic mass is 35.5. The second-order valence-corrected chi connectivity index (χ2v) is 6.15. The van der Waals surface area contributed by atoms with Crippen molar-refractivity contribution < 1.29 is 4.79 Å². The van der Waals surface area contributed by atoms with Crippen molar-refractivity contribution in [1.29, 1.82) is 0 Å². The molecule has 1 N–H and O–H groups in total. The second-order valence-electron chi connectivity index (χ2n) is 4.71. The molecule has 1 heterocycles. The lowest BCUT2D eigenvalue weighted by Crippen LogP contribution is -2.13. The maximum atomic E-state index is 12.5. The van der Waals surface area contributed by atoms with E-state index in [-0.39, 0.29) is 5.91 Å². The summed E-state index contributed by atoms with van der Waals surface area (Å²) >= 11 is 7.56. The monoisotopic (exact) mass is 340 g/mol. The van der Waals surface area contributed by atoms with Crippen LogP contribution in [0.2, 0.25) is 5.02 Å². The van der Waals surface area contributed by atoms with Crippen molar-refractivity contribution >= 4 is 35.0 Å². The average molecular weight is 341 g/mol. The maximum Gasteiger partial charge on any atom is 0.258 e. The Kier molecular flexibility index (Phi) is 4.95. The second kappa shape index (κ2) is 7.31. The first-order chi connectivity index (χ1) is 11.2. The largest absolute Gasteiger partial charge is 0.322 e. The van der Waals surface area contributed by atoms with Crippen LogP contribution in [0.1, 0.15) is 10.4 Å². The standard InChI is InChI=1S/C18H13ClN2OS/c19-15-10-4-5-11-16(15)23-18-14(9-6-12-20-18)17(22)21-13-7-2-1-3-8-13/h1-12H,(H,21,22). The molecule has 2 aromatic carbocycles. The fraction of sp³-hybridized carbons (Fsp3) is 0. The maximum absolute atomic E-state index is 12.5. The van der Waals surface area contributed by atoms with E-state index in [0.717, 1.165) is 10.6 Å². The van der Waals surface area contributed by atoms with Crippen LogP contribution in [0.5, 0.6) is 0 Å². The molecule has 1 amide bonds. The van der Waals surface area contributed by atoms with E-state index in [4.69, 9.17) is 11.6 Å². The van der Waals surface area contributed by atoms with Crippen LogP contribution in [0.4, 0.5) is 5.69 Å². The Hall–Kier alpha value is -2.30. The minimum atomic E-state index is -0.196. The first-order valence-electron chi connectivity index (χ1n) is 6.98. The fourth-order valence-corrected chi connectivity index (χ4v) is 3.15. The van der Waals surface area contributed by atoms with Gasteiger partial charge in [0.25, 0.3) is 5.91 Å². The van der Waals surface area contributed by atoms with Gasteiger partial charge in [-0.1, -0.05) is 53.7 Å². The molecule has 3 rings (SSSR count). The van der Waals surface area contributed by atoms with E-state index in [2.05, 4.69) is 10.3 Å². The number of nitrogens with zero attached hydrogens (tertiary/aromatic N) is 1. The molecule has 0 aliphatic rings. The molecule has 0 spiro atoms. The zero-order valence-corrected chi connectivity index (χ0v) is 13.6. The van der Waals surface area contributed by atoms with Crippen LogP contribution in [0, 0.1) is 0 Å². The van der Waals surface area contributed by atoms with E-state index in [1.165, 1.54) is 11.8 Å². The van der Waals surface area contributed by atoms with E-state index in [1.54, 1.807) is 18.3 Å². The number of benzene rings is 2. The van der Waals surface area contributed by atoms with Gasteiger partial charge in [0, 0.05) is 16.8 Å². The Morgan fingerprint density at radius 3 is 2.48 bits per heavy atom.